The normalized spacial score (nSPS) is 20.6. The number of ketones is 1. The molecule has 1 amide bonds. The molecule has 4 aromatic rings. The summed E-state index contributed by atoms with van der Waals surface area (Å²) in [6.45, 7) is 4.18. The highest BCUT2D eigenvalue weighted by atomic mass is 19.1. The quantitative estimate of drug-likeness (QED) is 0.232. The van der Waals surface area contributed by atoms with Gasteiger partial charge < -0.3 is 14.6 Å². The molecular formula is C30H25FN2O3. The molecular weight excluding hydrogens is 455 g/mol. The molecule has 1 aromatic heterocycles. The minimum atomic E-state index is -0.667. The van der Waals surface area contributed by atoms with Crippen LogP contribution in [0.25, 0.3) is 22.0 Å². The van der Waals surface area contributed by atoms with Crippen molar-refractivity contribution in [2.24, 2.45) is 0 Å². The van der Waals surface area contributed by atoms with E-state index in [0.717, 1.165) is 38.9 Å². The van der Waals surface area contributed by atoms with Crippen LogP contribution in [0.1, 0.15) is 36.7 Å². The van der Waals surface area contributed by atoms with Crippen molar-refractivity contribution < 1.29 is 19.1 Å². The molecule has 1 fully saturated rings. The number of aliphatic hydroxyl groups excluding tert-OH is 1. The minimum absolute atomic E-state index is 0.120. The van der Waals surface area contributed by atoms with Gasteiger partial charge in [-0.1, -0.05) is 54.6 Å². The molecule has 2 atom stereocenters. The van der Waals surface area contributed by atoms with E-state index in [-0.39, 0.29) is 22.9 Å². The number of hydrogen-bond acceptors (Lipinski definition) is 3. The van der Waals surface area contributed by atoms with E-state index in [1.807, 2.05) is 36.4 Å². The van der Waals surface area contributed by atoms with Crippen molar-refractivity contribution in [1.82, 2.24) is 9.47 Å². The van der Waals surface area contributed by atoms with Crippen LogP contribution in [0.2, 0.25) is 0 Å². The van der Waals surface area contributed by atoms with Gasteiger partial charge >= 0.3 is 0 Å². The van der Waals surface area contributed by atoms with Gasteiger partial charge in [-0.15, -0.1) is 0 Å². The molecule has 0 unspecified atom stereocenters. The fourth-order valence-electron chi connectivity index (χ4n) is 5.90. The van der Waals surface area contributed by atoms with Gasteiger partial charge in [0.2, 0.25) is 0 Å². The third kappa shape index (κ3) is 3.14. The lowest BCUT2D eigenvalue weighted by atomic mass is 9.87. The Kier molecular flexibility index (Phi) is 5.07. The zero-order valence-electron chi connectivity index (χ0n) is 20.0. The van der Waals surface area contributed by atoms with E-state index in [1.54, 1.807) is 17.0 Å². The van der Waals surface area contributed by atoms with Crippen LogP contribution in [0, 0.1) is 5.82 Å². The minimum Gasteiger partial charge on any atom is -0.512 e. The summed E-state index contributed by atoms with van der Waals surface area (Å²) in [4.78, 5) is 28.6. The van der Waals surface area contributed by atoms with Crippen LogP contribution in [0.5, 0.6) is 0 Å². The van der Waals surface area contributed by atoms with E-state index in [1.165, 1.54) is 19.1 Å². The number of allylic oxidation sites excluding steroid dienone is 1. The fraction of sp³-hybridized carbons (Fsp3) is 0.200. The Labute approximate surface area is 208 Å². The van der Waals surface area contributed by atoms with Gasteiger partial charge in [0.25, 0.3) is 5.91 Å². The number of fused-ring (bicyclic) bond motifs is 4. The Bertz CT molecular complexity index is 1560. The summed E-state index contributed by atoms with van der Waals surface area (Å²) in [5.41, 5.74) is 5.72. The molecule has 2 aliphatic rings. The first-order valence-electron chi connectivity index (χ1n) is 12.1. The maximum Gasteiger partial charge on any atom is 0.262 e. The van der Waals surface area contributed by atoms with Gasteiger partial charge in [-0.3, -0.25) is 9.59 Å². The Balaban J connectivity index is 1.56. The first-order chi connectivity index (χ1) is 17.4. The Morgan fingerprint density at radius 3 is 2.25 bits per heavy atom. The predicted molar refractivity (Wildman–Crippen MR) is 136 cm³/mol. The third-order valence-electron chi connectivity index (χ3n) is 7.47. The zero-order valence-corrected chi connectivity index (χ0v) is 20.0. The SMILES string of the molecule is CCn1c2c(c3ccccc31)C[C@H]1C(=O)/C(=C(\C)O)C(=O)N1[C@@H]2c1ccc(-c2ccc(F)cc2)cc1. The number of amides is 1. The van der Waals surface area contributed by atoms with Crippen LogP contribution in [0.4, 0.5) is 4.39 Å². The molecule has 0 radical (unpaired) electrons. The molecule has 0 aliphatic carbocycles. The van der Waals surface area contributed by atoms with Crippen molar-refractivity contribution >= 4 is 22.6 Å². The van der Waals surface area contributed by atoms with Crippen LogP contribution in [0.15, 0.2) is 84.1 Å². The second kappa shape index (κ2) is 8.19. The number of carbonyl (C=O) groups excluding carboxylic acids is 2. The van der Waals surface area contributed by atoms with Gasteiger partial charge in [-0.25, -0.2) is 4.39 Å². The van der Waals surface area contributed by atoms with Gasteiger partial charge in [0.05, 0.1) is 6.04 Å². The molecule has 3 aromatic carbocycles. The van der Waals surface area contributed by atoms with Crippen molar-refractivity contribution in [3.63, 3.8) is 0 Å². The Morgan fingerprint density at radius 1 is 0.972 bits per heavy atom. The summed E-state index contributed by atoms with van der Waals surface area (Å²) in [6, 6.07) is 21.2. The molecule has 3 heterocycles. The number of para-hydroxylation sites is 1. The van der Waals surface area contributed by atoms with Gasteiger partial charge in [-0.2, -0.15) is 0 Å². The van der Waals surface area contributed by atoms with Crippen LogP contribution in [-0.4, -0.2) is 32.3 Å². The maximum atomic E-state index is 13.6. The van der Waals surface area contributed by atoms with E-state index >= 15 is 0 Å². The lowest BCUT2D eigenvalue weighted by molar-refractivity contribution is -0.129. The second-order valence-corrected chi connectivity index (χ2v) is 9.41. The third-order valence-corrected chi connectivity index (χ3v) is 7.47. The summed E-state index contributed by atoms with van der Waals surface area (Å²) in [5, 5.41) is 11.3. The number of hydrogen-bond donors (Lipinski definition) is 1. The molecule has 0 spiro atoms. The Hall–Kier alpha value is -4.19. The smallest absolute Gasteiger partial charge is 0.262 e. The van der Waals surface area contributed by atoms with E-state index in [4.69, 9.17) is 0 Å². The number of benzene rings is 3. The van der Waals surface area contributed by atoms with Gasteiger partial charge in [-0.05, 0) is 54.3 Å². The van der Waals surface area contributed by atoms with Crippen molar-refractivity contribution in [3.05, 3.63) is 107 Å². The summed E-state index contributed by atoms with van der Waals surface area (Å²) >= 11 is 0. The molecule has 6 rings (SSSR count). The van der Waals surface area contributed by atoms with Crippen LogP contribution in [-0.2, 0) is 22.6 Å². The number of aryl methyl sites for hydroxylation is 1. The van der Waals surface area contributed by atoms with E-state index in [0.29, 0.717) is 13.0 Å². The number of nitrogens with zero attached hydrogens (tertiary/aromatic N) is 2. The second-order valence-electron chi connectivity index (χ2n) is 9.41. The standard InChI is InChI=1S/C30H25FN2O3/c1-3-32-24-7-5-4-6-22(24)23-16-25-29(35)26(17(2)34)30(36)33(25)27(28(23)32)20-10-8-18(9-11-20)19-12-14-21(31)15-13-19/h4-15,25,27,34H,3,16H2,1-2H3/b26-17-/t25-,27+/m0/s1. The van der Waals surface area contributed by atoms with Crippen molar-refractivity contribution in [2.75, 3.05) is 0 Å². The molecule has 36 heavy (non-hydrogen) atoms. The number of carbonyl (C=O) groups is 2. The number of aromatic nitrogens is 1. The summed E-state index contributed by atoms with van der Waals surface area (Å²) in [5.74, 6) is -1.29. The Morgan fingerprint density at radius 2 is 1.61 bits per heavy atom. The first-order valence-corrected chi connectivity index (χ1v) is 12.1. The number of aliphatic hydroxyl groups is 1. The highest BCUT2D eigenvalue weighted by molar-refractivity contribution is 6.27. The fourth-order valence-corrected chi connectivity index (χ4v) is 5.90. The lowest BCUT2D eigenvalue weighted by Crippen LogP contribution is -2.45. The van der Waals surface area contributed by atoms with Crippen molar-refractivity contribution in [2.45, 2.75) is 38.9 Å². The highest BCUT2D eigenvalue weighted by Crippen LogP contribution is 2.46. The number of Topliss-reactive ketones (excluding diaryl/α,β-unsaturated/α-hetero) is 1. The highest BCUT2D eigenvalue weighted by Gasteiger charge is 2.52. The molecule has 1 saturated heterocycles. The predicted octanol–water partition coefficient (Wildman–Crippen LogP) is 5.72. The molecule has 1 N–H and O–H groups in total. The van der Waals surface area contributed by atoms with Crippen LogP contribution >= 0.6 is 0 Å². The lowest BCUT2D eigenvalue weighted by Gasteiger charge is -2.38. The molecule has 6 heteroatoms. The largest absolute Gasteiger partial charge is 0.512 e. The van der Waals surface area contributed by atoms with Gasteiger partial charge in [0.15, 0.2) is 5.78 Å². The average Bonchev–Trinajstić information content (AvgIpc) is 3.34. The van der Waals surface area contributed by atoms with Crippen molar-refractivity contribution in [3.8, 4) is 11.1 Å². The zero-order chi connectivity index (χ0) is 25.1. The monoisotopic (exact) mass is 480 g/mol. The first kappa shape index (κ1) is 22.3. The summed E-state index contributed by atoms with van der Waals surface area (Å²) < 4.78 is 15.6. The summed E-state index contributed by atoms with van der Waals surface area (Å²) in [7, 11) is 0. The van der Waals surface area contributed by atoms with E-state index < -0.39 is 18.0 Å². The van der Waals surface area contributed by atoms with E-state index in [2.05, 4.69) is 23.6 Å². The van der Waals surface area contributed by atoms with Crippen molar-refractivity contribution in [1.29, 1.82) is 0 Å². The molecule has 5 nitrogen and oxygen atoms in total. The number of rotatable bonds is 3. The topological polar surface area (TPSA) is 62.5 Å². The van der Waals surface area contributed by atoms with E-state index in [9.17, 15) is 19.1 Å². The maximum absolute atomic E-state index is 13.6. The molecule has 180 valence electrons. The number of halogens is 1. The summed E-state index contributed by atoms with van der Waals surface area (Å²) in [6.07, 6.45) is 0.411. The average molecular weight is 481 g/mol. The van der Waals surface area contributed by atoms with Crippen LogP contribution in [0.3, 0.4) is 0 Å². The van der Waals surface area contributed by atoms with Gasteiger partial charge in [0, 0.05) is 29.6 Å². The molecule has 0 saturated carbocycles. The molecule has 0 bridgehead atoms. The molecule has 2 aliphatic heterocycles. The van der Waals surface area contributed by atoms with Crippen LogP contribution < -0.4 is 0 Å². The van der Waals surface area contributed by atoms with Gasteiger partial charge in [0.1, 0.15) is 23.2 Å².